The predicted octanol–water partition coefficient (Wildman–Crippen LogP) is 3.44. The van der Waals surface area contributed by atoms with Crippen LogP contribution in [0.3, 0.4) is 0 Å². The van der Waals surface area contributed by atoms with E-state index in [1.165, 1.54) is 23.1 Å². The van der Waals surface area contributed by atoms with Gasteiger partial charge in [0.2, 0.25) is 11.8 Å². The number of nitrogens with one attached hydrogen (secondary N) is 3. The Labute approximate surface area is 224 Å². The van der Waals surface area contributed by atoms with Crippen LogP contribution in [0.4, 0.5) is 24.5 Å². The first kappa shape index (κ1) is 27.9. The Morgan fingerprint density at radius 2 is 1.95 bits per heavy atom. The van der Waals surface area contributed by atoms with Crippen LogP contribution in [0.15, 0.2) is 30.3 Å². The average molecular weight is 573 g/mol. The van der Waals surface area contributed by atoms with Crippen LogP contribution in [0.25, 0.3) is 0 Å². The summed E-state index contributed by atoms with van der Waals surface area (Å²) in [7, 11) is 0. The van der Waals surface area contributed by atoms with Crippen molar-refractivity contribution in [1.82, 2.24) is 10.6 Å². The highest BCUT2D eigenvalue weighted by atomic mass is 35.5. The maximum absolute atomic E-state index is 13.9. The average Bonchev–Trinajstić information content (AvgIpc) is 3.26. The van der Waals surface area contributed by atoms with Crippen molar-refractivity contribution in [3.63, 3.8) is 0 Å². The lowest BCUT2D eigenvalue weighted by atomic mass is 9.84. The van der Waals surface area contributed by atoms with Crippen molar-refractivity contribution in [3.05, 3.63) is 45.1 Å². The quantitative estimate of drug-likeness (QED) is 0.448. The third kappa shape index (κ3) is 6.63. The number of amides is 4. The highest BCUT2D eigenvalue weighted by Gasteiger charge is 2.36. The van der Waals surface area contributed by atoms with Gasteiger partial charge in [-0.25, -0.2) is 0 Å². The molecular formula is C24H24ClF3N4O5S. The number of thiophene rings is 1. The second-order valence-corrected chi connectivity index (χ2v) is 10.5. The zero-order chi connectivity index (χ0) is 27.4. The summed E-state index contributed by atoms with van der Waals surface area (Å²) in [6, 6.07) is 4.79. The van der Waals surface area contributed by atoms with Gasteiger partial charge in [0.15, 0.2) is 0 Å². The van der Waals surface area contributed by atoms with Gasteiger partial charge in [0, 0.05) is 24.7 Å². The molecule has 1 aromatic carbocycles. The molecular weight excluding hydrogens is 549 g/mol. The summed E-state index contributed by atoms with van der Waals surface area (Å²) < 4.78 is 47.2. The second kappa shape index (κ2) is 11.7. The Balaban J connectivity index is 1.53. The Hall–Kier alpha value is -3.16. The molecule has 14 heteroatoms. The SMILES string of the molecule is O=C(NC[C@@H](NC(=O)C1CCC1)C(=O)Nc1ccc(N2CCOCC2=O)cc1C(F)(F)F)c1ccc(Cl)s1. The second-order valence-electron chi connectivity index (χ2n) is 8.82. The van der Waals surface area contributed by atoms with Gasteiger partial charge in [0.25, 0.3) is 11.8 Å². The Morgan fingerprint density at radius 1 is 1.18 bits per heavy atom. The first-order chi connectivity index (χ1) is 18.0. The third-order valence-corrected chi connectivity index (χ3v) is 7.47. The Bertz CT molecular complexity index is 1230. The van der Waals surface area contributed by atoms with E-state index in [1.54, 1.807) is 0 Å². The number of morpholine rings is 1. The molecule has 4 amide bonds. The molecule has 2 aromatic rings. The van der Waals surface area contributed by atoms with Crippen molar-refractivity contribution < 1.29 is 37.1 Å². The molecule has 9 nitrogen and oxygen atoms in total. The molecule has 4 rings (SSSR count). The summed E-state index contributed by atoms with van der Waals surface area (Å²) in [6.07, 6.45) is -2.72. The van der Waals surface area contributed by atoms with Gasteiger partial charge in [-0.2, -0.15) is 13.2 Å². The van der Waals surface area contributed by atoms with Gasteiger partial charge in [-0.1, -0.05) is 18.0 Å². The molecule has 204 valence electrons. The molecule has 1 saturated heterocycles. The van der Waals surface area contributed by atoms with Crippen LogP contribution >= 0.6 is 22.9 Å². The van der Waals surface area contributed by atoms with E-state index >= 15 is 0 Å². The molecule has 1 saturated carbocycles. The summed E-state index contributed by atoms with van der Waals surface area (Å²) in [4.78, 5) is 51.6. The number of nitrogens with zero attached hydrogens (tertiary/aromatic N) is 1. The molecule has 1 atom stereocenters. The first-order valence-corrected chi connectivity index (χ1v) is 13.0. The largest absolute Gasteiger partial charge is 0.418 e. The summed E-state index contributed by atoms with van der Waals surface area (Å²) in [6.45, 7) is -0.338. The van der Waals surface area contributed by atoms with E-state index in [9.17, 15) is 32.3 Å². The van der Waals surface area contributed by atoms with Crippen molar-refractivity contribution in [1.29, 1.82) is 0 Å². The van der Waals surface area contributed by atoms with E-state index in [-0.39, 0.29) is 42.8 Å². The zero-order valence-electron chi connectivity index (χ0n) is 19.9. The molecule has 0 spiro atoms. The summed E-state index contributed by atoms with van der Waals surface area (Å²) >= 11 is 6.86. The number of halogens is 4. The summed E-state index contributed by atoms with van der Waals surface area (Å²) in [5.74, 6) is -2.69. The fourth-order valence-corrected chi connectivity index (χ4v) is 4.90. The van der Waals surface area contributed by atoms with Gasteiger partial charge in [-0.3, -0.25) is 19.2 Å². The van der Waals surface area contributed by atoms with Crippen LogP contribution in [0.1, 0.15) is 34.5 Å². The molecule has 0 unspecified atom stereocenters. The van der Waals surface area contributed by atoms with Crippen molar-refractivity contribution in [3.8, 4) is 0 Å². The number of alkyl halides is 3. The van der Waals surface area contributed by atoms with Crippen LogP contribution in [0, 0.1) is 5.92 Å². The highest BCUT2D eigenvalue weighted by Crippen LogP contribution is 2.38. The number of rotatable bonds is 8. The van der Waals surface area contributed by atoms with Crippen LogP contribution in [0.2, 0.25) is 4.34 Å². The fourth-order valence-electron chi connectivity index (χ4n) is 3.94. The van der Waals surface area contributed by atoms with E-state index < -0.39 is 47.1 Å². The minimum atomic E-state index is -4.86. The van der Waals surface area contributed by atoms with Crippen molar-refractivity contribution in [2.75, 3.05) is 36.5 Å². The number of carbonyl (C=O) groups is 4. The van der Waals surface area contributed by atoms with E-state index in [0.717, 1.165) is 29.9 Å². The molecule has 2 aliphatic rings. The van der Waals surface area contributed by atoms with E-state index in [0.29, 0.717) is 17.2 Å². The van der Waals surface area contributed by atoms with Gasteiger partial charge in [-0.05, 0) is 43.2 Å². The summed E-state index contributed by atoms with van der Waals surface area (Å²) in [5.41, 5.74) is -1.70. The molecule has 2 heterocycles. The van der Waals surface area contributed by atoms with Crippen LogP contribution in [-0.4, -0.2) is 56.0 Å². The molecule has 3 N–H and O–H groups in total. The van der Waals surface area contributed by atoms with E-state index in [1.807, 2.05) is 0 Å². The normalized spacial score (nSPS) is 16.9. The number of hydrogen-bond donors (Lipinski definition) is 3. The maximum Gasteiger partial charge on any atom is 0.418 e. The van der Waals surface area contributed by atoms with E-state index in [2.05, 4.69) is 16.0 Å². The molecule has 38 heavy (non-hydrogen) atoms. The number of ether oxygens (including phenoxy) is 1. The molecule has 0 bridgehead atoms. The van der Waals surface area contributed by atoms with Crippen LogP contribution < -0.4 is 20.9 Å². The Morgan fingerprint density at radius 3 is 2.55 bits per heavy atom. The van der Waals surface area contributed by atoms with E-state index in [4.69, 9.17) is 16.3 Å². The maximum atomic E-state index is 13.9. The first-order valence-electron chi connectivity index (χ1n) is 11.8. The van der Waals surface area contributed by atoms with Crippen LogP contribution in [-0.2, 0) is 25.3 Å². The predicted molar refractivity (Wildman–Crippen MR) is 134 cm³/mol. The smallest absolute Gasteiger partial charge is 0.370 e. The van der Waals surface area contributed by atoms with Gasteiger partial charge in [-0.15, -0.1) is 11.3 Å². The molecule has 1 aliphatic carbocycles. The number of hydrogen-bond acceptors (Lipinski definition) is 6. The zero-order valence-corrected chi connectivity index (χ0v) is 21.5. The van der Waals surface area contributed by atoms with Gasteiger partial charge < -0.3 is 25.6 Å². The molecule has 1 aromatic heterocycles. The van der Waals surface area contributed by atoms with Crippen molar-refractivity contribution in [2.24, 2.45) is 5.92 Å². The number of benzene rings is 1. The van der Waals surface area contributed by atoms with Gasteiger partial charge >= 0.3 is 6.18 Å². The van der Waals surface area contributed by atoms with Gasteiger partial charge in [0.1, 0.15) is 12.6 Å². The summed E-state index contributed by atoms with van der Waals surface area (Å²) in [5, 5.41) is 7.30. The number of anilines is 2. The van der Waals surface area contributed by atoms with Crippen molar-refractivity contribution in [2.45, 2.75) is 31.5 Å². The Kier molecular flexibility index (Phi) is 8.58. The van der Waals surface area contributed by atoms with Crippen LogP contribution in [0.5, 0.6) is 0 Å². The number of carbonyl (C=O) groups excluding carboxylic acids is 4. The minimum Gasteiger partial charge on any atom is -0.370 e. The topological polar surface area (TPSA) is 117 Å². The molecule has 2 fully saturated rings. The lowest BCUT2D eigenvalue weighted by Crippen LogP contribution is -2.52. The monoisotopic (exact) mass is 572 g/mol. The highest BCUT2D eigenvalue weighted by molar-refractivity contribution is 7.18. The van der Waals surface area contributed by atoms with Crippen molar-refractivity contribution >= 4 is 57.9 Å². The molecule has 1 aliphatic heterocycles. The minimum absolute atomic E-state index is 0.0142. The standard InChI is InChI=1S/C24H24ClF3N4O5S/c25-19-7-6-18(38-19)23(36)29-11-17(31-21(34)13-2-1-3-13)22(35)30-16-5-4-14(10-15(16)24(26,27)28)32-8-9-37-12-20(32)33/h4-7,10,13,17H,1-3,8-9,11-12H2,(H,29,36)(H,30,35)(H,31,34)/t17-/m1/s1. The third-order valence-electron chi connectivity index (χ3n) is 6.24. The lowest BCUT2D eigenvalue weighted by molar-refractivity contribution is -0.137. The lowest BCUT2D eigenvalue weighted by Gasteiger charge is -2.28. The molecule has 0 radical (unpaired) electrons. The fraction of sp³-hybridized carbons (Fsp3) is 0.417. The van der Waals surface area contributed by atoms with Gasteiger partial charge in [0.05, 0.1) is 27.1 Å².